The molecule has 180 valence electrons. The average molecular weight is 483 g/mol. The van der Waals surface area contributed by atoms with Gasteiger partial charge in [-0.05, 0) is 54.3 Å². The maximum atomic E-state index is 13.4. The van der Waals surface area contributed by atoms with E-state index in [2.05, 4.69) is 15.2 Å². The van der Waals surface area contributed by atoms with Crippen molar-refractivity contribution in [3.8, 4) is 17.1 Å². The van der Waals surface area contributed by atoms with Gasteiger partial charge in [0, 0.05) is 17.1 Å². The normalized spacial score (nSPS) is 11.0. The molecule has 1 N–H and O–H groups in total. The number of benzene rings is 3. The van der Waals surface area contributed by atoms with E-state index in [0.717, 1.165) is 22.1 Å². The fourth-order valence-corrected chi connectivity index (χ4v) is 4.03. The van der Waals surface area contributed by atoms with Crippen molar-refractivity contribution in [3.05, 3.63) is 107 Å². The van der Waals surface area contributed by atoms with Gasteiger partial charge in [-0.1, -0.05) is 42.5 Å². The second kappa shape index (κ2) is 9.95. The molecule has 8 heteroatoms. The van der Waals surface area contributed by atoms with Crippen LogP contribution >= 0.6 is 0 Å². The Morgan fingerprint density at radius 3 is 2.47 bits per heavy atom. The first-order valence-electron chi connectivity index (χ1n) is 11.4. The number of rotatable bonds is 7. The molecule has 5 rings (SSSR count). The summed E-state index contributed by atoms with van der Waals surface area (Å²) < 4.78 is 24.6. The number of H-pyrrole nitrogens is 1. The summed E-state index contributed by atoms with van der Waals surface area (Å²) >= 11 is 0. The molecule has 2 heterocycles. The van der Waals surface area contributed by atoms with Crippen LogP contribution in [-0.4, -0.2) is 33.2 Å². The Bertz CT molecular complexity index is 1530. The molecule has 7 nitrogen and oxygen atoms in total. The number of halogens is 1. The standard InChI is InChI=1S/C28H23FN4O3/c1-17-31-27(33-32-17)23-14-24(28(34)35-2)26(36-16-19-6-4-3-5-7-19)25-22(23)13-20(15-30-25)12-18-8-10-21(29)11-9-18/h3-11,13-15H,12,16H2,1-2H3,(H,31,32,33). The number of aryl methyl sites for hydroxylation is 1. The fourth-order valence-electron chi connectivity index (χ4n) is 4.03. The molecule has 0 bridgehead atoms. The SMILES string of the molecule is COC(=O)c1cc(-c2n[nH]c(C)n2)c2cc(Cc3ccc(F)cc3)cnc2c1OCc1ccccc1. The van der Waals surface area contributed by atoms with E-state index in [0.29, 0.717) is 34.9 Å². The number of carbonyl (C=O) groups is 1. The van der Waals surface area contributed by atoms with Crippen molar-refractivity contribution in [3.63, 3.8) is 0 Å². The highest BCUT2D eigenvalue weighted by molar-refractivity contribution is 6.05. The zero-order chi connectivity index (χ0) is 25.1. The topological polar surface area (TPSA) is 90.0 Å². The predicted octanol–water partition coefficient (Wildman–Crippen LogP) is 5.42. The summed E-state index contributed by atoms with van der Waals surface area (Å²) in [6, 6.07) is 19.7. The molecule has 0 saturated heterocycles. The number of fused-ring (bicyclic) bond motifs is 1. The molecular weight excluding hydrogens is 459 g/mol. The Kier molecular flexibility index (Phi) is 6.40. The van der Waals surface area contributed by atoms with Crippen molar-refractivity contribution in [2.45, 2.75) is 20.0 Å². The van der Waals surface area contributed by atoms with Gasteiger partial charge in [0.25, 0.3) is 0 Å². The van der Waals surface area contributed by atoms with Crippen LogP contribution in [0.4, 0.5) is 4.39 Å². The van der Waals surface area contributed by atoms with Gasteiger partial charge in [-0.2, -0.15) is 5.10 Å². The van der Waals surface area contributed by atoms with E-state index < -0.39 is 5.97 Å². The number of hydrogen-bond donors (Lipinski definition) is 1. The van der Waals surface area contributed by atoms with E-state index in [1.54, 1.807) is 31.3 Å². The van der Waals surface area contributed by atoms with Gasteiger partial charge in [-0.25, -0.2) is 14.2 Å². The third-order valence-electron chi connectivity index (χ3n) is 5.77. The van der Waals surface area contributed by atoms with Crippen LogP contribution in [0, 0.1) is 12.7 Å². The van der Waals surface area contributed by atoms with E-state index in [1.807, 2.05) is 36.4 Å². The third-order valence-corrected chi connectivity index (χ3v) is 5.77. The van der Waals surface area contributed by atoms with Gasteiger partial charge < -0.3 is 9.47 Å². The van der Waals surface area contributed by atoms with Crippen LogP contribution in [0.15, 0.2) is 72.9 Å². The summed E-state index contributed by atoms with van der Waals surface area (Å²) in [4.78, 5) is 22.0. The number of ether oxygens (including phenoxy) is 2. The summed E-state index contributed by atoms with van der Waals surface area (Å²) in [5.74, 6) is 0.555. The van der Waals surface area contributed by atoms with Gasteiger partial charge in [0.2, 0.25) is 0 Å². The van der Waals surface area contributed by atoms with Crippen molar-refractivity contribution in [2.24, 2.45) is 0 Å². The first-order valence-corrected chi connectivity index (χ1v) is 11.4. The Morgan fingerprint density at radius 1 is 1.00 bits per heavy atom. The Hall–Kier alpha value is -4.59. The Morgan fingerprint density at radius 2 is 1.78 bits per heavy atom. The van der Waals surface area contributed by atoms with Crippen LogP contribution in [0.3, 0.4) is 0 Å². The molecule has 0 atom stereocenters. The molecule has 0 spiro atoms. The van der Waals surface area contributed by atoms with Crippen molar-refractivity contribution < 1.29 is 18.7 Å². The molecule has 0 aliphatic heterocycles. The zero-order valence-electron chi connectivity index (χ0n) is 19.8. The predicted molar refractivity (Wildman–Crippen MR) is 133 cm³/mol. The van der Waals surface area contributed by atoms with Crippen molar-refractivity contribution in [2.75, 3.05) is 7.11 Å². The Labute approximate surface area is 206 Å². The first kappa shape index (κ1) is 23.2. The number of carbonyl (C=O) groups excluding carboxylic acids is 1. The Balaban J connectivity index is 1.66. The maximum Gasteiger partial charge on any atom is 0.341 e. The lowest BCUT2D eigenvalue weighted by Crippen LogP contribution is -2.08. The molecule has 0 fully saturated rings. The molecule has 0 unspecified atom stereocenters. The van der Waals surface area contributed by atoms with Gasteiger partial charge in [0.05, 0.1) is 7.11 Å². The summed E-state index contributed by atoms with van der Waals surface area (Å²) in [6.07, 6.45) is 2.28. The lowest BCUT2D eigenvalue weighted by molar-refractivity contribution is 0.0596. The van der Waals surface area contributed by atoms with Crippen molar-refractivity contribution in [1.29, 1.82) is 0 Å². The van der Waals surface area contributed by atoms with Gasteiger partial charge in [-0.3, -0.25) is 10.1 Å². The second-order valence-electron chi connectivity index (χ2n) is 8.35. The van der Waals surface area contributed by atoms with Crippen LogP contribution in [0.25, 0.3) is 22.3 Å². The van der Waals surface area contributed by atoms with Gasteiger partial charge in [0.15, 0.2) is 11.6 Å². The van der Waals surface area contributed by atoms with Crippen LogP contribution < -0.4 is 4.74 Å². The lowest BCUT2D eigenvalue weighted by atomic mass is 9.98. The number of aromatic amines is 1. The fraction of sp³-hybridized carbons (Fsp3) is 0.143. The largest absolute Gasteiger partial charge is 0.486 e. The van der Waals surface area contributed by atoms with E-state index in [-0.39, 0.29) is 18.0 Å². The van der Waals surface area contributed by atoms with Crippen LogP contribution in [0.1, 0.15) is 32.9 Å². The van der Waals surface area contributed by atoms with Crippen molar-refractivity contribution in [1.82, 2.24) is 20.2 Å². The molecule has 0 aliphatic carbocycles. The van der Waals surface area contributed by atoms with Crippen LogP contribution in [0.2, 0.25) is 0 Å². The monoisotopic (exact) mass is 482 g/mol. The minimum absolute atomic E-state index is 0.233. The van der Waals surface area contributed by atoms with E-state index in [4.69, 9.17) is 14.5 Å². The molecule has 5 aromatic rings. The second-order valence-corrected chi connectivity index (χ2v) is 8.35. The molecular formula is C28H23FN4O3. The number of esters is 1. The summed E-state index contributed by atoms with van der Waals surface area (Å²) in [5, 5.41) is 7.89. The van der Waals surface area contributed by atoms with Gasteiger partial charge in [0.1, 0.15) is 29.3 Å². The number of pyridine rings is 1. The van der Waals surface area contributed by atoms with Gasteiger partial charge >= 0.3 is 5.97 Å². The average Bonchev–Trinajstić information content (AvgIpc) is 3.34. The molecule has 36 heavy (non-hydrogen) atoms. The molecule has 2 aromatic heterocycles. The quantitative estimate of drug-likeness (QED) is 0.312. The number of nitrogens with zero attached hydrogens (tertiary/aromatic N) is 3. The van der Waals surface area contributed by atoms with E-state index in [1.165, 1.54) is 19.2 Å². The van der Waals surface area contributed by atoms with E-state index in [9.17, 15) is 9.18 Å². The number of hydrogen-bond acceptors (Lipinski definition) is 6. The number of aromatic nitrogens is 4. The minimum Gasteiger partial charge on any atom is -0.486 e. The molecule has 0 aliphatic rings. The summed E-state index contributed by atoms with van der Waals surface area (Å²) in [7, 11) is 1.32. The molecule has 0 amide bonds. The van der Waals surface area contributed by atoms with Gasteiger partial charge in [-0.15, -0.1) is 0 Å². The maximum absolute atomic E-state index is 13.4. The van der Waals surface area contributed by atoms with Crippen molar-refractivity contribution >= 4 is 16.9 Å². The van der Waals surface area contributed by atoms with Crippen LogP contribution in [0.5, 0.6) is 5.75 Å². The molecule has 0 saturated carbocycles. The highest BCUT2D eigenvalue weighted by atomic mass is 19.1. The highest BCUT2D eigenvalue weighted by Gasteiger charge is 2.23. The van der Waals surface area contributed by atoms with Crippen LogP contribution in [-0.2, 0) is 17.8 Å². The zero-order valence-corrected chi connectivity index (χ0v) is 19.8. The number of nitrogens with one attached hydrogen (secondary N) is 1. The number of methoxy groups -OCH3 is 1. The highest BCUT2D eigenvalue weighted by Crippen LogP contribution is 2.37. The smallest absolute Gasteiger partial charge is 0.341 e. The minimum atomic E-state index is -0.550. The molecule has 3 aromatic carbocycles. The lowest BCUT2D eigenvalue weighted by Gasteiger charge is -2.16. The molecule has 0 radical (unpaired) electrons. The van der Waals surface area contributed by atoms with E-state index >= 15 is 0 Å². The third kappa shape index (κ3) is 4.79. The first-order chi connectivity index (χ1) is 17.5. The summed E-state index contributed by atoms with van der Waals surface area (Å²) in [5.41, 5.74) is 4.15. The summed E-state index contributed by atoms with van der Waals surface area (Å²) in [6.45, 7) is 2.05.